The Balaban J connectivity index is 2.17. The lowest BCUT2D eigenvalue weighted by molar-refractivity contribution is 0.102. The zero-order valence-electron chi connectivity index (χ0n) is 9.02. The third-order valence-electron chi connectivity index (χ3n) is 2.10. The van der Waals surface area contributed by atoms with Crippen LogP contribution in [0.3, 0.4) is 0 Å². The number of carbonyl (C=O) groups excluding carboxylic acids is 1. The fraction of sp³-hybridized carbons (Fsp3) is 0.182. The Morgan fingerprint density at radius 1 is 1.44 bits per heavy atom. The molecule has 2 aromatic rings. The van der Waals surface area contributed by atoms with Crippen molar-refractivity contribution in [1.29, 1.82) is 0 Å². The number of aryl methyl sites for hydroxylation is 2. The second-order valence-electron chi connectivity index (χ2n) is 3.45. The summed E-state index contributed by atoms with van der Waals surface area (Å²) >= 11 is 1.32. The molecule has 1 N–H and O–H groups in total. The maximum atomic E-state index is 11.8. The summed E-state index contributed by atoms with van der Waals surface area (Å²) in [6, 6.07) is 5.49. The summed E-state index contributed by atoms with van der Waals surface area (Å²) < 4.78 is 4.04. The molecule has 0 spiro atoms. The number of anilines is 1. The number of carbonyl (C=O) groups is 1. The Bertz CT molecular complexity index is 521. The summed E-state index contributed by atoms with van der Waals surface area (Å²) in [5.74, 6) is 0.365. The predicted molar refractivity (Wildman–Crippen MR) is 63.8 cm³/mol. The molecule has 0 bridgehead atoms. The van der Waals surface area contributed by atoms with E-state index in [1.807, 2.05) is 26.0 Å². The quantitative estimate of drug-likeness (QED) is 0.866. The monoisotopic (exact) mass is 233 g/mol. The van der Waals surface area contributed by atoms with Crippen LogP contribution in [0.2, 0.25) is 0 Å². The van der Waals surface area contributed by atoms with E-state index in [2.05, 4.69) is 14.7 Å². The first kappa shape index (κ1) is 10.8. The smallest absolute Gasteiger partial charge is 0.276 e. The number of hydrogen-bond donors (Lipinski definition) is 1. The van der Waals surface area contributed by atoms with Crippen LogP contribution in [0.15, 0.2) is 24.4 Å². The van der Waals surface area contributed by atoms with E-state index < -0.39 is 0 Å². The number of amides is 1. The molecule has 0 atom stereocenters. The van der Waals surface area contributed by atoms with Crippen LogP contribution in [-0.2, 0) is 0 Å². The first-order valence-corrected chi connectivity index (χ1v) is 5.60. The van der Waals surface area contributed by atoms with E-state index in [1.165, 1.54) is 11.5 Å². The van der Waals surface area contributed by atoms with Gasteiger partial charge in [-0.1, -0.05) is 6.07 Å². The number of pyridine rings is 1. The van der Waals surface area contributed by atoms with Crippen molar-refractivity contribution in [1.82, 2.24) is 9.36 Å². The molecule has 0 saturated carbocycles. The van der Waals surface area contributed by atoms with Crippen molar-refractivity contribution in [2.45, 2.75) is 13.8 Å². The van der Waals surface area contributed by atoms with Gasteiger partial charge < -0.3 is 5.32 Å². The van der Waals surface area contributed by atoms with Gasteiger partial charge in [0.2, 0.25) is 0 Å². The average molecular weight is 233 g/mol. The van der Waals surface area contributed by atoms with E-state index >= 15 is 0 Å². The van der Waals surface area contributed by atoms with Gasteiger partial charge in [-0.05, 0) is 43.1 Å². The van der Waals surface area contributed by atoms with Gasteiger partial charge in [0.15, 0.2) is 0 Å². The Kier molecular flexibility index (Phi) is 2.96. The number of nitrogens with one attached hydrogen (secondary N) is 1. The number of hydrogen-bond acceptors (Lipinski definition) is 4. The van der Waals surface area contributed by atoms with Gasteiger partial charge in [0, 0.05) is 11.1 Å². The van der Waals surface area contributed by atoms with Gasteiger partial charge in [0.25, 0.3) is 5.91 Å². The summed E-state index contributed by atoms with van der Waals surface area (Å²) in [5.41, 5.74) is 1.37. The highest BCUT2D eigenvalue weighted by molar-refractivity contribution is 7.05. The Labute approximate surface area is 97.5 Å². The molecule has 4 nitrogen and oxygen atoms in total. The summed E-state index contributed by atoms with van der Waals surface area (Å²) in [6.45, 7) is 3.81. The Morgan fingerprint density at radius 2 is 2.25 bits per heavy atom. The first-order valence-electron chi connectivity index (χ1n) is 4.83. The normalized spacial score (nSPS) is 10.1. The molecule has 0 fully saturated rings. The minimum atomic E-state index is -0.217. The lowest BCUT2D eigenvalue weighted by atomic mass is 10.3. The summed E-state index contributed by atoms with van der Waals surface area (Å²) in [7, 11) is 0. The van der Waals surface area contributed by atoms with Gasteiger partial charge in [0.05, 0.1) is 0 Å². The summed E-state index contributed by atoms with van der Waals surface area (Å²) in [6.07, 6.45) is 1.65. The molecule has 2 rings (SSSR count). The molecule has 2 heterocycles. The van der Waals surface area contributed by atoms with Crippen LogP contribution in [0.25, 0.3) is 0 Å². The molecular weight excluding hydrogens is 222 g/mol. The van der Waals surface area contributed by atoms with Gasteiger partial charge >= 0.3 is 0 Å². The zero-order valence-corrected chi connectivity index (χ0v) is 9.84. The fourth-order valence-corrected chi connectivity index (χ4v) is 1.80. The van der Waals surface area contributed by atoms with Crippen LogP contribution in [0.1, 0.15) is 20.9 Å². The van der Waals surface area contributed by atoms with E-state index in [4.69, 9.17) is 0 Å². The lowest BCUT2D eigenvalue weighted by Gasteiger charge is -2.04. The fourth-order valence-electron chi connectivity index (χ4n) is 1.26. The van der Waals surface area contributed by atoms with Crippen molar-refractivity contribution in [2.75, 3.05) is 5.32 Å². The zero-order chi connectivity index (χ0) is 11.5. The molecule has 0 aliphatic carbocycles. The maximum Gasteiger partial charge on any atom is 0.276 e. The second kappa shape index (κ2) is 4.40. The van der Waals surface area contributed by atoms with E-state index in [1.54, 1.807) is 12.3 Å². The molecule has 2 aromatic heterocycles. The molecule has 0 radical (unpaired) electrons. The van der Waals surface area contributed by atoms with Crippen LogP contribution >= 0.6 is 11.5 Å². The topological polar surface area (TPSA) is 54.9 Å². The third kappa shape index (κ3) is 2.25. The standard InChI is InChI=1S/C11H11N3OS/c1-7-4-3-5-12-10(7)13-11(15)9-6-8(2)16-14-9/h3-6H,1-2H3,(H,12,13,15). The van der Waals surface area contributed by atoms with Gasteiger partial charge in [-0.3, -0.25) is 4.79 Å². The minimum absolute atomic E-state index is 0.217. The highest BCUT2D eigenvalue weighted by Gasteiger charge is 2.11. The Morgan fingerprint density at radius 3 is 2.88 bits per heavy atom. The first-order chi connectivity index (χ1) is 7.66. The van der Waals surface area contributed by atoms with Crippen molar-refractivity contribution in [3.05, 3.63) is 40.5 Å². The van der Waals surface area contributed by atoms with Crippen LogP contribution in [0.5, 0.6) is 0 Å². The molecule has 0 aliphatic rings. The second-order valence-corrected chi connectivity index (χ2v) is 4.45. The van der Waals surface area contributed by atoms with Gasteiger partial charge in [-0.25, -0.2) is 4.98 Å². The lowest BCUT2D eigenvalue weighted by Crippen LogP contribution is -2.13. The molecule has 0 aromatic carbocycles. The Hall–Kier alpha value is -1.75. The number of nitrogens with zero attached hydrogens (tertiary/aromatic N) is 2. The average Bonchev–Trinajstić information content (AvgIpc) is 2.68. The molecule has 0 unspecified atom stereocenters. The molecular formula is C11H11N3OS. The van der Waals surface area contributed by atoms with Crippen LogP contribution in [-0.4, -0.2) is 15.3 Å². The number of aromatic nitrogens is 2. The molecule has 5 heteroatoms. The van der Waals surface area contributed by atoms with E-state index in [9.17, 15) is 4.79 Å². The van der Waals surface area contributed by atoms with Crippen molar-refractivity contribution in [3.63, 3.8) is 0 Å². The maximum absolute atomic E-state index is 11.8. The van der Waals surface area contributed by atoms with Crippen LogP contribution in [0, 0.1) is 13.8 Å². The SMILES string of the molecule is Cc1cc(C(=O)Nc2ncccc2C)ns1. The van der Waals surface area contributed by atoms with Crippen LogP contribution < -0.4 is 5.32 Å². The highest BCUT2D eigenvalue weighted by atomic mass is 32.1. The van der Waals surface area contributed by atoms with Gasteiger partial charge in [-0.15, -0.1) is 0 Å². The number of rotatable bonds is 2. The van der Waals surface area contributed by atoms with E-state index in [0.29, 0.717) is 11.5 Å². The van der Waals surface area contributed by atoms with Crippen molar-refractivity contribution in [2.24, 2.45) is 0 Å². The van der Waals surface area contributed by atoms with E-state index in [0.717, 1.165) is 10.4 Å². The summed E-state index contributed by atoms with van der Waals surface area (Å²) in [4.78, 5) is 16.9. The molecule has 1 amide bonds. The van der Waals surface area contributed by atoms with Crippen LogP contribution in [0.4, 0.5) is 5.82 Å². The highest BCUT2D eigenvalue weighted by Crippen LogP contribution is 2.13. The molecule has 16 heavy (non-hydrogen) atoms. The van der Waals surface area contributed by atoms with Gasteiger partial charge in [0.1, 0.15) is 11.5 Å². The van der Waals surface area contributed by atoms with Gasteiger partial charge in [-0.2, -0.15) is 4.37 Å². The third-order valence-corrected chi connectivity index (χ3v) is 2.80. The van der Waals surface area contributed by atoms with Crippen molar-refractivity contribution >= 4 is 23.3 Å². The summed E-state index contributed by atoms with van der Waals surface area (Å²) in [5, 5.41) is 2.73. The largest absolute Gasteiger partial charge is 0.305 e. The minimum Gasteiger partial charge on any atom is -0.305 e. The van der Waals surface area contributed by atoms with Crippen molar-refractivity contribution in [3.8, 4) is 0 Å². The molecule has 82 valence electrons. The van der Waals surface area contributed by atoms with E-state index in [-0.39, 0.29) is 5.91 Å². The molecule has 0 saturated heterocycles. The van der Waals surface area contributed by atoms with Crippen molar-refractivity contribution < 1.29 is 4.79 Å². The predicted octanol–water partition coefficient (Wildman–Crippen LogP) is 2.41. The molecule has 0 aliphatic heterocycles.